The molecule has 0 radical (unpaired) electrons. The van der Waals surface area contributed by atoms with Gasteiger partial charge in [-0.1, -0.05) is 37.8 Å². The molecular formula is C18H28FN3O. The van der Waals surface area contributed by atoms with Crippen molar-refractivity contribution in [2.45, 2.75) is 51.2 Å². The maximum absolute atomic E-state index is 13.1. The Kier molecular flexibility index (Phi) is 7.87. The molecule has 0 bridgehead atoms. The van der Waals surface area contributed by atoms with E-state index in [4.69, 9.17) is 4.74 Å². The third-order valence-corrected chi connectivity index (χ3v) is 4.12. The van der Waals surface area contributed by atoms with Crippen LogP contribution in [0.25, 0.3) is 0 Å². The number of hydrogen-bond donors (Lipinski definition) is 2. The molecule has 1 saturated carbocycles. The van der Waals surface area contributed by atoms with Crippen molar-refractivity contribution in [3.05, 3.63) is 35.6 Å². The topological polar surface area (TPSA) is 45.7 Å². The van der Waals surface area contributed by atoms with Gasteiger partial charge in [-0.3, -0.25) is 4.99 Å². The predicted molar refractivity (Wildman–Crippen MR) is 92.0 cm³/mol. The van der Waals surface area contributed by atoms with Gasteiger partial charge in [0.2, 0.25) is 0 Å². The first-order chi connectivity index (χ1) is 11.3. The highest BCUT2D eigenvalue weighted by molar-refractivity contribution is 5.79. The molecular weight excluding hydrogens is 293 g/mol. The minimum absolute atomic E-state index is 0.218. The van der Waals surface area contributed by atoms with Crippen LogP contribution in [-0.2, 0) is 11.3 Å². The Hall–Kier alpha value is -1.62. The van der Waals surface area contributed by atoms with E-state index >= 15 is 0 Å². The molecule has 4 nitrogen and oxygen atoms in total. The number of halogens is 1. The second-order valence-electron chi connectivity index (χ2n) is 5.97. The van der Waals surface area contributed by atoms with Crippen LogP contribution < -0.4 is 10.6 Å². The Bertz CT molecular complexity index is 485. The van der Waals surface area contributed by atoms with E-state index in [9.17, 15) is 4.39 Å². The summed E-state index contributed by atoms with van der Waals surface area (Å²) in [6.45, 7) is 1.95. The van der Waals surface area contributed by atoms with Crippen molar-refractivity contribution < 1.29 is 9.13 Å². The Labute approximate surface area is 138 Å². The van der Waals surface area contributed by atoms with Crippen molar-refractivity contribution in [3.63, 3.8) is 0 Å². The van der Waals surface area contributed by atoms with Crippen LogP contribution in [0.1, 0.15) is 44.1 Å². The van der Waals surface area contributed by atoms with Gasteiger partial charge in [0.05, 0.1) is 12.7 Å². The number of rotatable bonds is 6. The number of nitrogens with one attached hydrogen (secondary N) is 2. The minimum Gasteiger partial charge on any atom is -0.376 e. The van der Waals surface area contributed by atoms with E-state index in [1.54, 1.807) is 13.1 Å². The fourth-order valence-electron chi connectivity index (χ4n) is 2.86. The van der Waals surface area contributed by atoms with Gasteiger partial charge in [0.15, 0.2) is 5.96 Å². The molecule has 0 atom stereocenters. The molecule has 23 heavy (non-hydrogen) atoms. The van der Waals surface area contributed by atoms with Crippen LogP contribution in [0.5, 0.6) is 0 Å². The van der Waals surface area contributed by atoms with Gasteiger partial charge in [0.1, 0.15) is 5.82 Å². The van der Waals surface area contributed by atoms with E-state index in [0.717, 1.165) is 12.1 Å². The van der Waals surface area contributed by atoms with E-state index in [1.807, 2.05) is 6.07 Å². The summed E-state index contributed by atoms with van der Waals surface area (Å²) < 4.78 is 19.1. The SMILES string of the molecule is CN=C(NCCOC1CCCCCC1)NCc1cccc(F)c1. The molecule has 1 aliphatic rings. The second kappa shape index (κ2) is 10.2. The molecule has 0 saturated heterocycles. The van der Waals surface area contributed by atoms with Gasteiger partial charge in [0, 0.05) is 20.1 Å². The van der Waals surface area contributed by atoms with Crippen molar-refractivity contribution in [1.82, 2.24) is 10.6 Å². The lowest BCUT2D eigenvalue weighted by Gasteiger charge is -2.16. The number of nitrogens with zero attached hydrogens (tertiary/aromatic N) is 1. The lowest BCUT2D eigenvalue weighted by Crippen LogP contribution is -2.38. The quantitative estimate of drug-likeness (QED) is 0.366. The summed E-state index contributed by atoms with van der Waals surface area (Å²) in [5, 5.41) is 6.41. The molecule has 0 aliphatic heterocycles. The van der Waals surface area contributed by atoms with Gasteiger partial charge < -0.3 is 15.4 Å². The highest BCUT2D eigenvalue weighted by atomic mass is 19.1. The number of aliphatic imine (C=N–C) groups is 1. The zero-order valence-electron chi connectivity index (χ0n) is 14.0. The molecule has 1 aliphatic carbocycles. The van der Waals surface area contributed by atoms with Crippen LogP contribution in [0.3, 0.4) is 0 Å². The molecule has 0 unspecified atom stereocenters. The summed E-state index contributed by atoms with van der Waals surface area (Å²) in [5.74, 6) is 0.489. The number of benzene rings is 1. The van der Waals surface area contributed by atoms with E-state index < -0.39 is 0 Å². The Balaban J connectivity index is 1.63. The number of ether oxygens (including phenoxy) is 1. The summed E-state index contributed by atoms with van der Waals surface area (Å²) in [7, 11) is 1.73. The van der Waals surface area contributed by atoms with Crippen LogP contribution >= 0.6 is 0 Å². The fourth-order valence-corrected chi connectivity index (χ4v) is 2.86. The Morgan fingerprint density at radius 1 is 1.22 bits per heavy atom. The van der Waals surface area contributed by atoms with Crippen LogP contribution in [-0.4, -0.2) is 32.3 Å². The fraction of sp³-hybridized carbons (Fsp3) is 0.611. The van der Waals surface area contributed by atoms with Crippen LogP contribution in [0, 0.1) is 5.82 Å². The van der Waals surface area contributed by atoms with Gasteiger partial charge in [0.25, 0.3) is 0 Å². The highest BCUT2D eigenvalue weighted by Gasteiger charge is 2.12. The third-order valence-electron chi connectivity index (χ3n) is 4.12. The van der Waals surface area contributed by atoms with Crippen molar-refractivity contribution in [1.29, 1.82) is 0 Å². The maximum atomic E-state index is 13.1. The maximum Gasteiger partial charge on any atom is 0.191 e. The lowest BCUT2D eigenvalue weighted by atomic mass is 10.1. The Morgan fingerprint density at radius 3 is 2.70 bits per heavy atom. The monoisotopic (exact) mass is 321 g/mol. The van der Waals surface area contributed by atoms with Gasteiger partial charge in [-0.05, 0) is 30.5 Å². The van der Waals surface area contributed by atoms with E-state index in [0.29, 0.717) is 25.2 Å². The van der Waals surface area contributed by atoms with Crippen LogP contribution in [0.2, 0.25) is 0 Å². The first-order valence-electron chi connectivity index (χ1n) is 8.58. The van der Waals surface area contributed by atoms with Gasteiger partial charge >= 0.3 is 0 Å². The van der Waals surface area contributed by atoms with Crippen molar-refractivity contribution in [3.8, 4) is 0 Å². The molecule has 5 heteroatoms. The second-order valence-corrected chi connectivity index (χ2v) is 5.97. The summed E-state index contributed by atoms with van der Waals surface area (Å²) in [4.78, 5) is 4.17. The summed E-state index contributed by atoms with van der Waals surface area (Å²) >= 11 is 0. The molecule has 1 aromatic carbocycles. The molecule has 128 valence electrons. The summed E-state index contributed by atoms with van der Waals surface area (Å²) in [6, 6.07) is 6.57. The molecule has 2 rings (SSSR count). The molecule has 1 fully saturated rings. The zero-order valence-corrected chi connectivity index (χ0v) is 14.0. The van der Waals surface area contributed by atoms with Gasteiger partial charge in [-0.2, -0.15) is 0 Å². The first kappa shape index (κ1) is 17.7. The van der Waals surface area contributed by atoms with E-state index in [-0.39, 0.29) is 5.82 Å². The zero-order chi connectivity index (χ0) is 16.3. The predicted octanol–water partition coefficient (Wildman–Crippen LogP) is 3.23. The molecule has 0 spiro atoms. The summed E-state index contributed by atoms with van der Waals surface area (Å²) in [5.41, 5.74) is 0.891. The summed E-state index contributed by atoms with van der Waals surface area (Å²) in [6.07, 6.45) is 8.05. The standard InChI is InChI=1S/C18H28FN3O/c1-20-18(22-14-15-7-6-8-16(19)13-15)21-11-12-23-17-9-4-2-3-5-10-17/h6-8,13,17H,2-5,9-12,14H2,1H3,(H2,20,21,22). The molecule has 2 N–H and O–H groups in total. The van der Waals surface area contributed by atoms with Gasteiger partial charge in [-0.25, -0.2) is 4.39 Å². The molecule has 0 aromatic heterocycles. The number of guanidine groups is 1. The van der Waals surface area contributed by atoms with Gasteiger partial charge in [-0.15, -0.1) is 0 Å². The van der Waals surface area contributed by atoms with Crippen LogP contribution in [0.4, 0.5) is 4.39 Å². The average Bonchev–Trinajstić information content (AvgIpc) is 2.83. The smallest absolute Gasteiger partial charge is 0.191 e. The molecule has 1 aromatic rings. The minimum atomic E-state index is -0.218. The Morgan fingerprint density at radius 2 is 2.00 bits per heavy atom. The van der Waals surface area contributed by atoms with Crippen molar-refractivity contribution in [2.24, 2.45) is 4.99 Å². The largest absolute Gasteiger partial charge is 0.376 e. The third kappa shape index (κ3) is 6.99. The molecule has 0 amide bonds. The van der Waals surface area contributed by atoms with Crippen molar-refractivity contribution in [2.75, 3.05) is 20.2 Å². The normalized spacial score (nSPS) is 16.9. The van der Waals surface area contributed by atoms with E-state index in [1.165, 1.54) is 50.7 Å². The first-order valence-corrected chi connectivity index (χ1v) is 8.58. The van der Waals surface area contributed by atoms with E-state index in [2.05, 4.69) is 15.6 Å². The average molecular weight is 321 g/mol. The van der Waals surface area contributed by atoms with Crippen LogP contribution in [0.15, 0.2) is 29.3 Å². The van der Waals surface area contributed by atoms with Crippen molar-refractivity contribution >= 4 is 5.96 Å². The molecule has 0 heterocycles. The highest BCUT2D eigenvalue weighted by Crippen LogP contribution is 2.19. The lowest BCUT2D eigenvalue weighted by molar-refractivity contribution is 0.0468. The number of hydrogen-bond acceptors (Lipinski definition) is 2.